The van der Waals surface area contributed by atoms with Gasteiger partial charge in [-0.1, -0.05) is 53.9 Å². The molecule has 3 aromatic rings. The maximum Gasteiger partial charge on any atom is 0.148 e. The van der Waals surface area contributed by atoms with Crippen LogP contribution < -0.4 is 0 Å². The van der Waals surface area contributed by atoms with Gasteiger partial charge < -0.3 is 4.98 Å². The molecule has 1 N–H and O–H groups in total. The van der Waals surface area contributed by atoms with E-state index in [1.54, 1.807) is 17.7 Å². The van der Waals surface area contributed by atoms with Gasteiger partial charge in [-0.15, -0.1) is 0 Å². The number of thiazole rings is 1. The second kappa shape index (κ2) is 3.77. The van der Waals surface area contributed by atoms with E-state index in [1.165, 1.54) is 0 Å². The van der Waals surface area contributed by atoms with Crippen LogP contribution in [0.3, 0.4) is 0 Å². The van der Waals surface area contributed by atoms with E-state index in [2.05, 4.69) is 15.0 Å². The van der Waals surface area contributed by atoms with E-state index in [0.717, 1.165) is 20.9 Å². The van der Waals surface area contributed by atoms with Gasteiger partial charge in [0.1, 0.15) is 20.0 Å². The third-order valence-corrected chi connectivity index (χ3v) is 3.55. The number of rotatable bonds is 1. The van der Waals surface area contributed by atoms with Gasteiger partial charge in [-0.05, 0) is 0 Å². The van der Waals surface area contributed by atoms with Crippen molar-refractivity contribution in [3.63, 3.8) is 0 Å². The third kappa shape index (κ3) is 1.54. The molecule has 0 bridgehead atoms. The molecule has 0 aliphatic carbocycles. The van der Waals surface area contributed by atoms with E-state index in [1.807, 2.05) is 30.3 Å². The predicted octanol–water partition coefficient (Wildman–Crippen LogP) is 3.42. The summed E-state index contributed by atoms with van der Waals surface area (Å²) in [6.45, 7) is 0. The smallest absolute Gasteiger partial charge is 0.148 e. The van der Waals surface area contributed by atoms with Crippen molar-refractivity contribution in [3.05, 3.63) is 41.3 Å². The minimum atomic E-state index is 0.642. The molecule has 1 aromatic carbocycles. The fraction of sp³-hybridized carbons (Fsp3) is 0. The molecule has 0 saturated heterocycles. The van der Waals surface area contributed by atoms with Crippen molar-refractivity contribution in [2.24, 2.45) is 0 Å². The molecule has 3 nitrogen and oxygen atoms in total. The zero-order chi connectivity index (χ0) is 11.0. The van der Waals surface area contributed by atoms with E-state index in [0.29, 0.717) is 4.64 Å². The zero-order valence-corrected chi connectivity index (χ0v) is 9.81. The second-order valence-corrected chi connectivity index (χ2v) is 4.66. The average Bonchev–Trinajstić information content (AvgIpc) is 2.76. The van der Waals surface area contributed by atoms with E-state index >= 15 is 0 Å². The molecule has 0 fully saturated rings. The number of hydrogen-bond acceptors (Lipinski definition) is 4. The lowest BCUT2D eigenvalue weighted by molar-refractivity contribution is 1.20. The zero-order valence-electron chi connectivity index (χ0n) is 8.18. The highest BCUT2D eigenvalue weighted by Crippen LogP contribution is 2.28. The summed E-state index contributed by atoms with van der Waals surface area (Å²) in [5.41, 5.74) is 1.88. The first-order valence-corrected chi connectivity index (χ1v) is 5.97. The van der Waals surface area contributed by atoms with E-state index < -0.39 is 0 Å². The predicted molar refractivity (Wildman–Crippen MR) is 68.0 cm³/mol. The van der Waals surface area contributed by atoms with Gasteiger partial charge in [0.25, 0.3) is 0 Å². The summed E-state index contributed by atoms with van der Waals surface area (Å²) >= 11 is 6.72. The quantitative estimate of drug-likeness (QED) is 0.668. The van der Waals surface area contributed by atoms with Gasteiger partial charge in [0.2, 0.25) is 0 Å². The van der Waals surface area contributed by atoms with Crippen LogP contribution in [0.25, 0.3) is 20.9 Å². The Morgan fingerprint density at radius 3 is 2.75 bits per heavy atom. The molecule has 0 amide bonds. The van der Waals surface area contributed by atoms with Gasteiger partial charge in [-0.3, -0.25) is 0 Å². The number of H-pyrrole nitrogens is 1. The van der Waals surface area contributed by atoms with Crippen LogP contribution in [0.1, 0.15) is 0 Å². The maximum atomic E-state index is 5.17. The summed E-state index contributed by atoms with van der Waals surface area (Å²) in [7, 11) is 0. The topological polar surface area (TPSA) is 41.6 Å². The molecule has 3 rings (SSSR count). The summed E-state index contributed by atoms with van der Waals surface area (Å²) in [6, 6.07) is 10.0. The highest BCUT2D eigenvalue weighted by molar-refractivity contribution is 7.71. The average molecular weight is 245 g/mol. The Labute approximate surface area is 101 Å². The van der Waals surface area contributed by atoms with Crippen LogP contribution >= 0.6 is 23.6 Å². The number of benzene rings is 1. The van der Waals surface area contributed by atoms with Crippen LogP contribution in [0.4, 0.5) is 0 Å². The van der Waals surface area contributed by atoms with Gasteiger partial charge in [-0.25, -0.2) is 9.97 Å². The van der Waals surface area contributed by atoms with E-state index in [-0.39, 0.29) is 0 Å². The minimum absolute atomic E-state index is 0.642. The number of aromatic amines is 1. The lowest BCUT2D eigenvalue weighted by Gasteiger charge is -1.91. The molecular weight excluding hydrogens is 238 g/mol. The Morgan fingerprint density at radius 1 is 1.19 bits per heavy atom. The van der Waals surface area contributed by atoms with Crippen molar-refractivity contribution in [3.8, 4) is 10.6 Å². The van der Waals surface area contributed by atoms with Crippen molar-refractivity contribution in [2.75, 3.05) is 0 Å². The monoisotopic (exact) mass is 245 g/mol. The van der Waals surface area contributed by atoms with Gasteiger partial charge in [0.15, 0.2) is 0 Å². The summed E-state index contributed by atoms with van der Waals surface area (Å²) in [5, 5.41) is 0.953. The van der Waals surface area contributed by atoms with Crippen molar-refractivity contribution in [1.29, 1.82) is 0 Å². The SMILES string of the molecule is S=c1[nH]cnc2sc(-c3ccccc3)nc12. The molecule has 78 valence electrons. The Kier molecular flexibility index (Phi) is 2.27. The molecule has 0 spiro atoms. The van der Waals surface area contributed by atoms with Gasteiger partial charge in [-0.2, -0.15) is 0 Å². The fourth-order valence-electron chi connectivity index (χ4n) is 1.47. The van der Waals surface area contributed by atoms with Gasteiger partial charge in [0.05, 0.1) is 6.33 Å². The largest absolute Gasteiger partial charge is 0.336 e. The van der Waals surface area contributed by atoms with Crippen molar-refractivity contribution >= 4 is 33.9 Å². The van der Waals surface area contributed by atoms with Crippen LogP contribution in [0, 0.1) is 4.64 Å². The highest BCUT2D eigenvalue weighted by Gasteiger charge is 2.07. The Hall–Kier alpha value is -1.59. The molecule has 0 atom stereocenters. The molecule has 0 radical (unpaired) electrons. The molecule has 16 heavy (non-hydrogen) atoms. The van der Waals surface area contributed by atoms with Crippen LogP contribution in [-0.4, -0.2) is 15.0 Å². The highest BCUT2D eigenvalue weighted by atomic mass is 32.1. The van der Waals surface area contributed by atoms with Crippen LogP contribution in [-0.2, 0) is 0 Å². The fourth-order valence-corrected chi connectivity index (χ4v) is 2.65. The maximum absolute atomic E-state index is 5.17. The van der Waals surface area contributed by atoms with Crippen molar-refractivity contribution in [1.82, 2.24) is 15.0 Å². The van der Waals surface area contributed by atoms with Crippen molar-refractivity contribution in [2.45, 2.75) is 0 Å². The first-order chi connectivity index (χ1) is 7.84. The number of nitrogens with zero attached hydrogens (tertiary/aromatic N) is 2. The van der Waals surface area contributed by atoms with E-state index in [9.17, 15) is 0 Å². The molecule has 2 heterocycles. The van der Waals surface area contributed by atoms with Gasteiger partial charge >= 0.3 is 0 Å². The minimum Gasteiger partial charge on any atom is -0.336 e. The lowest BCUT2D eigenvalue weighted by atomic mass is 10.2. The number of aromatic nitrogens is 3. The summed E-state index contributed by atoms with van der Waals surface area (Å²) in [6.07, 6.45) is 1.61. The summed E-state index contributed by atoms with van der Waals surface area (Å²) in [4.78, 5) is 12.5. The second-order valence-electron chi connectivity index (χ2n) is 3.27. The summed E-state index contributed by atoms with van der Waals surface area (Å²) in [5.74, 6) is 0. The molecule has 0 aliphatic rings. The van der Waals surface area contributed by atoms with Crippen LogP contribution in [0.5, 0.6) is 0 Å². The van der Waals surface area contributed by atoms with E-state index in [4.69, 9.17) is 12.2 Å². The molecular formula is C11H7N3S2. The number of fused-ring (bicyclic) bond motifs is 1. The molecule has 0 aliphatic heterocycles. The van der Waals surface area contributed by atoms with Crippen molar-refractivity contribution < 1.29 is 0 Å². The molecule has 0 saturated carbocycles. The van der Waals surface area contributed by atoms with Crippen LogP contribution in [0.15, 0.2) is 36.7 Å². The number of nitrogens with one attached hydrogen (secondary N) is 1. The molecule has 0 unspecified atom stereocenters. The normalized spacial score (nSPS) is 10.8. The lowest BCUT2D eigenvalue weighted by Crippen LogP contribution is -1.79. The molecule has 5 heteroatoms. The Balaban J connectivity index is 2.28. The van der Waals surface area contributed by atoms with Crippen LogP contribution in [0.2, 0.25) is 0 Å². The standard InChI is InChI=1S/C11H7N3S2/c15-9-8-11(13-6-12-9)16-10(14-8)7-4-2-1-3-5-7/h1-6H,(H,12,13,15). The Bertz CT molecular complexity index is 685. The summed E-state index contributed by atoms with van der Waals surface area (Å²) < 4.78 is 0.642. The first kappa shape index (κ1) is 9.62. The van der Waals surface area contributed by atoms with Gasteiger partial charge in [0, 0.05) is 5.56 Å². The first-order valence-electron chi connectivity index (χ1n) is 4.74. The number of hydrogen-bond donors (Lipinski definition) is 1. The molecule has 2 aromatic heterocycles. The third-order valence-electron chi connectivity index (χ3n) is 2.22. The Morgan fingerprint density at radius 2 is 2.00 bits per heavy atom.